The second-order valence-corrected chi connectivity index (χ2v) is 6.34. The first-order valence-corrected chi connectivity index (χ1v) is 8.40. The monoisotopic (exact) mass is 338 g/mol. The third-order valence-corrected chi connectivity index (χ3v) is 4.49. The summed E-state index contributed by atoms with van der Waals surface area (Å²) in [5, 5.41) is 5.46. The molecule has 0 bridgehead atoms. The summed E-state index contributed by atoms with van der Waals surface area (Å²) in [4.78, 5) is 24.4. The number of ether oxygens (including phenoxy) is 1. The molecule has 0 heterocycles. The van der Waals surface area contributed by atoms with Crippen LogP contribution in [0.15, 0.2) is 42.5 Å². The number of benzene rings is 2. The van der Waals surface area contributed by atoms with Gasteiger partial charge in [-0.25, -0.2) is 0 Å². The van der Waals surface area contributed by atoms with E-state index in [4.69, 9.17) is 4.74 Å². The molecule has 2 aromatic carbocycles. The van der Waals surface area contributed by atoms with Crippen molar-refractivity contribution in [2.24, 2.45) is 0 Å². The van der Waals surface area contributed by atoms with Crippen molar-refractivity contribution in [3.05, 3.63) is 59.2 Å². The summed E-state index contributed by atoms with van der Waals surface area (Å²) in [5.41, 5.74) is 4.06. The fraction of sp³-hybridized carbons (Fsp3) is 0.300. The number of nitrogens with one attached hydrogen (secondary N) is 2. The molecular formula is C20H22N2O3. The fourth-order valence-corrected chi connectivity index (χ4v) is 3.15. The molecule has 0 spiro atoms. The van der Waals surface area contributed by atoms with Gasteiger partial charge in [0, 0.05) is 6.04 Å². The molecule has 0 fully saturated rings. The van der Waals surface area contributed by atoms with E-state index in [0.29, 0.717) is 11.4 Å². The SMILES string of the molecule is COc1cc(C)ccc1NC(=O)C(=O)N[C@@H]1CCc2ccccc2C1. The highest BCUT2D eigenvalue weighted by Crippen LogP contribution is 2.25. The Kier molecular flexibility index (Phi) is 5.03. The summed E-state index contributed by atoms with van der Waals surface area (Å²) in [6, 6.07) is 13.6. The average molecular weight is 338 g/mol. The average Bonchev–Trinajstić information content (AvgIpc) is 2.62. The minimum absolute atomic E-state index is 0.0203. The zero-order chi connectivity index (χ0) is 17.8. The standard InChI is InChI=1S/C20H22N2O3/c1-13-7-10-17(18(11-13)25-2)22-20(24)19(23)21-16-9-8-14-5-3-4-6-15(14)12-16/h3-7,10-11,16H,8-9,12H2,1-2H3,(H,21,23)(H,22,24)/t16-/m1/s1. The number of carbonyl (C=O) groups is 2. The Morgan fingerprint density at radius 3 is 2.60 bits per heavy atom. The van der Waals surface area contributed by atoms with Crippen LogP contribution < -0.4 is 15.4 Å². The van der Waals surface area contributed by atoms with Gasteiger partial charge in [0.05, 0.1) is 12.8 Å². The van der Waals surface area contributed by atoms with Crippen molar-refractivity contribution in [2.75, 3.05) is 12.4 Å². The van der Waals surface area contributed by atoms with E-state index in [0.717, 1.165) is 24.8 Å². The molecule has 5 nitrogen and oxygen atoms in total. The predicted octanol–water partition coefficient (Wildman–Crippen LogP) is 2.62. The molecule has 0 unspecified atom stereocenters. The lowest BCUT2D eigenvalue weighted by Gasteiger charge is -2.25. The minimum Gasteiger partial charge on any atom is -0.495 e. The zero-order valence-electron chi connectivity index (χ0n) is 14.5. The highest BCUT2D eigenvalue weighted by atomic mass is 16.5. The Morgan fingerprint density at radius 1 is 1.08 bits per heavy atom. The van der Waals surface area contributed by atoms with Crippen molar-refractivity contribution in [3.63, 3.8) is 0 Å². The van der Waals surface area contributed by atoms with E-state index in [9.17, 15) is 9.59 Å². The van der Waals surface area contributed by atoms with Gasteiger partial charge in [0.15, 0.2) is 0 Å². The number of rotatable bonds is 3. The second kappa shape index (κ2) is 7.38. The van der Waals surface area contributed by atoms with E-state index in [-0.39, 0.29) is 6.04 Å². The molecule has 2 amide bonds. The molecule has 1 aliphatic rings. The number of hydrogen-bond acceptors (Lipinski definition) is 3. The Hall–Kier alpha value is -2.82. The van der Waals surface area contributed by atoms with Gasteiger partial charge in [0.25, 0.3) is 0 Å². The third kappa shape index (κ3) is 3.99. The van der Waals surface area contributed by atoms with E-state index in [2.05, 4.69) is 22.8 Å². The maximum Gasteiger partial charge on any atom is 0.313 e. The van der Waals surface area contributed by atoms with Crippen LogP contribution in [0.25, 0.3) is 0 Å². The lowest BCUT2D eigenvalue weighted by Crippen LogP contribution is -2.44. The van der Waals surface area contributed by atoms with Crippen molar-refractivity contribution in [1.29, 1.82) is 0 Å². The first-order valence-electron chi connectivity index (χ1n) is 8.40. The minimum atomic E-state index is -0.680. The van der Waals surface area contributed by atoms with Crippen LogP contribution in [-0.2, 0) is 22.4 Å². The van der Waals surface area contributed by atoms with E-state index in [1.165, 1.54) is 18.2 Å². The Balaban J connectivity index is 1.61. The molecule has 0 aliphatic heterocycles. The van der Waals surface area contributed by atoms with Crippen LogP contribution in [0.3, 0.4) is 0 Å². The molecule has 0 saturated heterocycles. The number of fused-ring (bicyclic) bond motifs is 1. The molecule has 0 aromatic heterocycles. The van der Waals surface area contributed by atoms with Gasteiger partial charge < -0.3 is 15.4 Å². The van der Waals surface area contributed by atoms with E-state index < -0.39 is 11.8 Å². The molecule has 5 heteroatoms. The highest BCUT2D eigenvalue weighted by molar-refractivity contribution is 6.39. The maximum absolute atomic E-state index is 12.2. The number of amides is 2. The normalized spacial score (nSPS) is 15.8. The number of aryl methyl sites for hydroxylation is 2. The van der Waals surface area contributed by atoms with Crippen LogP contribution in [0.2, 0.25) is 0 Å². The fourth-order valence-electron chi connectivity index (χ4n) is 3.15. The molecule has 1 aliphatic carbocycles. The van der Waals surface area contributed by atoms with Crippen molar-refractivity contribution < 1.29 is 14.3 Å². The van der Waals surface area contributed by atoms with E-state index in [1.807, 2.05) is 31.2 Å². The summed E-state index contributed by atoms with van der Waals surface area (Å²) in [6.07, 6.45) is 2.50. The molecule has 25 heavy (non-hydrogen) atoms. The first kappa shape index (κ1) is 17.0. The van der Waals surface area contributed by atoms with Crippen molar-refractivity contribution in [1.82, 2.24) is 5.32 Å². The zero-order valence-corrected chi connectivity index (χ0v) is 14.5. The van der Waals surface area contributed by atoms with Crippen LogP contribution in [0.1, 0.15) is 23.1 Å². The second-order valence-electron chi connectivity index (χ2n) is 6.34. The highest BCUT2D eigenvalue weighted by Gasteiger charge is 2.23. The van der Waals surface area contributed by atoms with Gasteiger partial charge in [-0.15, -0.1) is 0 Å². The van der Waals surface area contributed by atoms with Crippen LogP contribution in [0.4, 0.5) is 5.69 Å². The lowest BCUT2D eigenvalue weighted by molar-refractivity contribution is -0.136. The Bertz CT molecular complexity index is 801. The number of carbonyl (C=O) groups excluding carboxylic acids is 2. The maximum atomic E-state index is 12.2. The van der Waals surface area contributed by atoms with E-state index in [1.54, 1.807) is 6.07 Å². The topological polar surface area (TPSA) is 67.4 Å². The molecule has 1 atom stereocenters. The Labute approximate surface area is 147 Å². The van der Waals surface area contributed by atoms with Gasteiger partial charge >= 0.3 is 11.8 Å². The first-order chi connectivity index (χ1) is 12.1. The molecule has 0 radical (unpaired) electrons. The van der Waals surface area contributed by atoms with Gasteiger partial charge in [-0.3, -0.25) is 9.59 Å². The lowest BCUT2D eigenvalue weighted by atomic mass is 9.88. The predicted molar refractivity (Wildman–Crippen MR) is 96.8 cm³/mol. The van der Waals surface area contributed by atoms with Gasteiger partial charge in [-0.05, 0) is 55.0 Å². The third-order valence-electron chi connectivity index (χ3n) is 4.49. The number of methoxy groups -OCH3 is 1. The van der Waals surface area contributed by atoms with E-state index >= 15 is 0 Å². The van der Waals surface area contributed by atoms with Gasteiger partial charge in [-0.1, -0.05) is 30.3 Å². The summed E-state index contributed by atoms with van der Waals surface area (Å²) in [5.74, 6) is -0.763. The largest absolute Gasteiger partial charge is 0.495 e. The molecule has 2 N–H and O–H groups in total. The summed E-state index contributed by atoms with van der Waals surface area (Å²) >= 11 is 0. The summed E-state index contributed by atoms with van der Waals surface area (Å²) < 4.78 is 5.25. The summed E-state index contributed by atoms with van der Waals surface area (Å²) in [6.45, 7) is 1.93. The van der Waals surface area contributed by atoms with Gasteiger partial charge in [0.1, 0.15) is 5.75 Å². The molecular weight excluding hydrogens is 316 g/mol. The van der Waals surface area contributed by atoms with Crippen LogP contribution >= 0.6 is 0 Å². The molecule has 2 aromatic rings. The quantitative estimate of drug-likeness (QED) is 0.846. The van der Waals surface area contributed by atoms with Gasteiger partial charge in [-0.2, -0.15) is 0 Å². The summed E-state index contributed by atoms with van der Waals surface area (Å²) in [7, 11) is 1.53. The van der Waals surface area contributed by atoms with Crippen LogP contribution in [0, 0.1) is 6.92 Å². The smallest absolute Gasteiger partial charge is 0.313 e. The molecule has 130 valence electrons. The Morgan fingerprint density at radius 2 is 1.84 bits per heavy atom. The molecule has 0 saturated carbocycles. The van der Waals surface area contributed by atoms with Gasteiger partial charge in [0.2, 0.25) is 0 Å². The number of hydrogen-bond donors (Lipinski definition) is 2. The van der Waals surface area contributed by atoms with Crippen molar-refractivity contribution >= 4 is 17.5 Å². The number of anilines is 1. The van der Waals surface area contributed by atoms with Crippen LogP contribution in [-0.4, -0.2) is 25.0 Å². The van der Waals surface area contributed by atoms with Crippen molar-refractivity contribution in [3.8, 4) is 5.75 Å². The van der Waals surface area contributed by atoms with Crippen LogP contribution in [0.5, 0.6) is 5.75 Å². The molecule has 3 rings (SSSR count). The van der Waals surface area contributed by atoms with Crippen molar-refractivity contribution in [2.45, 2.75) is 32.2 Å².